The first-order chi connectivity index (χ1) is 14.0. The van der Waals surface area contributed by atoms with E-state index < -0.39 is 11.9 Å². The van der Waals surface area contributed by atoms with Gasteiger partial charge >= 0.3 is 0 Å². The van der Waals surface area contributed by atoms with Crippen molar-refractivity contribution in [3.63, 3.8) is 0 Å². The van der Waals surface area contributed by atoms with Crippen molar-refractivity contribution in [3.05, 3.63) is 59.7 Å². The minimum absolute atomic E-state index is 0.0935. The van der Waals surface area contributed by atoms with Gasteiger partial charge in [-0.15, -0.1) is 10.2 Å². The standard InChI is InChI=1S/C20H19FN2O5S/c1-12(27-16-7-5-4-6-14(16)21)19-22-23-20(28-19)29-11-15(24)13-8-9-17(25-2)18(10-13)26-3/h4-10,12H,11H2,1-3H3/t12-/m1/s1. The Balaban J connectivity index is 1.60. The Bertz CT molecular complexity index is 995. The Labute approximate surface area is 171 Å². The molecule has 0 unspecified atom stereocenters. The average molecular weight is 418 g/mol. The molecule has 0 amide bonds. The summed E-state index contributed by atoms with van der Waals surface area (Å²) in [5.41, 5.74) is 0.478. The molecule has 0 bridgehead atoms. The number of ether oxygens (including phenoxy) is 3. The SMILES string of the molecule is COc1ccc(C(=O)CSc2nnc([C@@H](C)Oc3ccccc3F)o2)cc1OC. The van der Waals surface area contributed by atoms with Gasteiger partial charge in [-0.05, 0) is 37.3 Å². The van der Waals surface area contributed by atoms with Crippen LogP contribution in [0.3, 0.4) is 0 Å². The van der Waals surface area contributed by atoms with E-state index in [0.717, 1.165) is 11.8 Å². The smallest absolute Gasteiger partial charge is 0.277 e. The van der Waals surface area contributed by atoms with Crippen LogP contribution in [0, 0.1) is 5.82 Å². The lowest BCUT2D eigenvalue weighted by Crippen LogP contribution is -2.04. The van der Waals surface area contributed by atoms with Gasteiger partial charge in [-0.1, -0.05) is 23.9 Å². The van der Waals surface area contributed by atoms with Gasteiger partial charge in [-0.25, -0.2) is 4.39 Å². The molecule has 3 rings (SSSR count). The highest BCUT2D eigenvalue weighted by atomic mass is 32.2. The van der Waals surface area contributed by atoms with E-state index in [0.29, 0.717) is 17.1 Å². The Kier molecular flexibility index (Phi) is 6.71. The van der Waals surface area contributed by atoms with E-state index >= 15 is 0 Å². The summed E-state index contributed by atoms with van der Waals surface area (Å²) < 4.78 is 35.1. The number of rotatable bonds is 9. The van der Waals surface area contributed by atoms with Crippen LogP contribution in [-0.2, 0) is 0 Å². The number of hydrogen-bond acceptors (Lipinski definition) is 8. The van der Waals surface area contributed by atoms with E-state index in [1.54, 1.807) is 37.3 Å². The second-order valence-electron chi connectivity index (χ2n) is 5.88. The van der Waals surface area contributed by atoms with Gasteiger partial charge in [-0.2, -0.15) is 0 Å². The van der Waals surface area contributed by atoms with Crippen molar-refractivity contribution in [1.82, 2.24) is 10.2 Å². The number of carbonyl (C=O) groups excluding carboxylic acids is 1. The van der Waals surface area contributed by atoms with Gasteiger partial charge in [0.25, 0.3) is 11.1 Å². The summed E-state index contributed by atoms with van der Waals surface area (Å²) in [5, 5.41) is 8.03. The molecule has 0 radical (unpaired) electrons. The molecular weight excluding hydrogens is 399 g/mol. The van der Waals surface area contributed by atoms with Crippen LogP contribution >= 0.6 is 11.8 Å². The molecule has 9 heteroatoms. The van der Waals surface area contributed by atoms with Crippen LogP contribution in [0.15, 0.2) is 52.1 Å². The summed E-state index contributed by atoms with van der Waals surface area (Å²) in [7, 11) is 3.03. The minimum Gasteiger partial charge on any atom is -0.493 e. The molecule has 0 aliphatic carbocycles. The summed E-state index contributed by atoms with van der Waals surface area (Å²) in [6.07, 6.45) is -0.643. The molecule has 1 aromatic heterocycles. The highest BCUT2D eigenvalue weighted by molar-refractivity contribution is 7.99. The largest absolute Gasteiger partial charge is 0.493 e. The van der Waals surface area contributed by atoms with Crippen molar-refractivity contribution in [1.29, 1.82) is 0 Å². The molecule has 0 aliphatic heterocycles. The molecule has 2 aromatic carbocycles. The molecule has 0 saturated carbocycles. The van der Waals surface area contributed by atoms with Crippen molar-refractivity contribution >= 4 is 17.5 Å². The first kappa shape index (κ1) is 20.7. The molecule has 1 heterocycles. The van der Waals surface area contributed by atoms with E-state index in [1.165, 1.54) is 26.4 Å². The fraction of sp³-hybridized carbons (Fsp3) is 0.250. The number of ketones is 1. The zero-order chi connectivity index (χ0) is 20.8. The highest BCUT2D eigenvalue weighted by Crippen LogP contribution is 2.29. The van der Waals surface area contributed by atoms with Crippen LogP contribution < -0.4 is 14.2 Å². The van der Waals surface area contributed by atoms with E-state index in [1.807, 2.05) is 0 Å². The Morgan fingerprint density at radius 1 is 1.10 bits per heavy atom. The van der Waals surface area contributed by atoms with Crippen molar-refractivity contribution < 1.29 is 27.8 Å². The maximum Gasteiger partial charge on any atom is 0.277 e. The summed E-state index contributed by atoms with van der Waals surface area (Å²) in [5.74, 6) is 0.787. The van der Waals surface area contributed by atoms with Gasteiger partial charge in [0.15, 0.2) is 35.0 Å². The monoisotopic (exact) mass is 418 g/mol. The molecule has 7 nitrogen and oxygen atoms in total. The average Bonchev–Trinajstić information content (AvgIpc) is 3.22. The topological polar surface area (TPSA) is 83.7 Å². The van der Waals surface area contributed by atoms with Gasteiger partial charge in [0.05, 0.1) is 20.0 Å². The number of aromatic nitrogens is 2. The number of halogens is 1. The molecule has 0 aliphatic rings. The third-order valence-corrected chi connectivity index (χ3v) is 4.76. The number of methoxy groups -OCH3 is 2. The fourth-order valence-corrected chi connectivity index (χ4v) is 3.11. The van der Waals surface area contributed by atoms with Crippen molar-refractivity contribution in [2.24, 2.45) is 0 Å². The quantitative estimate of drug-likeness (QED) is 0.375. The number of thioether (sulfide) groups is 1. The molecular formula is C20H19FN2O5S. The van der Waals surface area contributed by atoms with E-state index in [4.69, 9.17) is 18.6 Å². The number of benzene rings is 2. The number of para-hydroxylation sites is 1. The van der Waals surface area contributed by atoms with Gasteiger partial charge in [0, 0.05) is 5.56 Å². The molecule has 29 heavy (non-hydrogen) atoms. The maximum atomic E-state index is 13.7. The van der Waals surface area contributed by atoms with Crippen LogP contribution in [0.2, 0.25) is 0 Å². The van der Waals surface area contributed by atoms with Crippen LogP contribution in [0.25, 0.3) is 0 Å². The number of hydrogen-bond donors (Lipinski definition) is 0. The molecule has 1 atom stereocenters. The van der Waals surface area contributed by atoms with Crippen LogP contribution in [0.5, 0.6) is 17.2 Å². The van der Waals surface area contributed by atoms with Crippen LogP contribution in [-0.4, -0.2) is 36.0 Å². The lowest BCUT2D eigenvalue weighted by molar-refractivity contribution is 0.102. The lowest BCUT2D eigenvalue weighted by atomic mass is 10.1. The predicted molar refractivity (Wildman–Crippen MR) is 104 cm³/mol. The maximum absolute atomic E-state index is 13.7. The first-order valence-electron chi connectivity index (χ1n) is 8.64. The summed E-state index contributed by atoms with van der Waals surface area (Å²) in [6.45, 7) is 1.67. The lowest BCUT2D eigenvalue weighted by Gasteiger charge is -2.11. The van der Waals surface area contributed by atoms with E-state index in [2.05, 4.69) is 10.2 Å². The highest BCUT2D eigenvalue weighted by Gasteiger charge is 2.19. The minimum atomic E-state index is -0.643. The zero-order valence-corrected chi connectivity index (χ0v) is 16.9. The normalized spacial score (nSPS) is 11.7. The Hall–Kier alpha value is -3.07. The summed E-state index contributed by atoms with van der Waals surface area (Å²) >= 11 is 1.10. The van der Waals surface area contributed by atoms with Crippen LogP contribution in [0.1, 0.15) is 29.3 Å². The van der Waals surface area contributed by atoms with Gasteiger partial charge in [0.1, 0.15) is 0 Å². The van der Waals surface area contributed by atoms with Crippen molar-refractivity contribution in [2.75, 3.05) is 20.0 Å². The van der Waals surface area contributed by atoms with Gasteiger partial charge < -0.3 is 18.6 Å². The molecule has 0 fully saturated rings. The second-order valence-corrected chi connectivity index (χ2v) is 6.80. The fourth-order valence-electron chi connectivity index (χ4n) is 2.44. The Morgan fingerprint density at radius 3 is 2.59 bits per heavy atom. The molecule has 0 N–H and O–H groups in total. The Morgan fingerprint density at radius 2 is 1.86 bits per heavy atom. The van der Waals surface area contributed by atoms with E-state index in [-0.39, 0.29) is 28.4 Å². The number of Topliss-reactive ketones (excluding diaryl/α,β-unsaturated/α-hetero) is 1. The molecule has 0 saturated heterocycles. The third-order valence-electron chi connectivity index (χ3n) is 3.94. The summed E-state index contributed by atoms with van der Waals surface area (Å²) in [4.78, 5) is 12.4. The van der Waals surface area contributed by atoms with Crippen molar-refractivity contribution in [3.8, 4) is 17.2 Å². The number of nitrogens with zero attached hydrogens (tertiary/aromatic N) is 2. The number of carbonyl (C=O) groups is 1. The summed E-state index contributed by atoms with van der Waals surface area (Å²) in [6, 6.07) is 11.0. The van der Waals surface area contributed by atoms with Gasteiger partial charge in [-0.3, -0.25) is 4.79 Å². The van der Waals surface area contributed by atoms with E-state index in [9.17, 15) is 9.18 Å². The van der Waals surface area contributed by atoms with Gasteiger partial charge in [0.2, 0.25) is 0 Å². The predicted octanol–water partition coefficient (Wildman–Crippen LogP) is 4.34. The third kappa shape index (κ3) is 5.05. The van der Waals surface area contributed by atoms with Crippen molar-refractivity contribution in [2.45, 2.75) is 18.3 Å². The molecule has 152 valence electrons. The molecule has 0 spiro atoms. The molecule has 3 aromatic rings. The zero-order valence-electron chi connectivity index (χ0n) is 16.0. The second kappa shape index (κ2) is 9.42. The van der Waals surface area contributed by atoms with Crippen LogP contribution in [0.4, 0.5) is 4.39 Å². The first-order valence-corrected chi connectivity index (χ1v) is 9.63.